The van der Waals surface area contributed by atoms with E-state index in [1.54, 1.807) is 7.11 Å². The Labute approximate surface area is 250 Å². The molecule has 7 heteroatoms. The van der Waals surface area contributed by atoms with Gasteiger partial charge in [-0.1, -0.05) is 57.9 Å². The summed E-state index contributed by atoms with van der Waals surface area (Å²) in [5.74, 6) is 2.23. The highest BCUT2D eigenvalue weighted by molar-refractivity contribution is 5.77. The number of hydrogen-bond donors (Lipinski definition) is 1. The van der Waals surface area contributed by atoms with Gasteiger partial charge in [0.1, 0.15) is 5.75 Å². The lowest BCUT2D eigenvalue weighted by Gasteiger charge is -2.20. The van der Waals surface area contributed by atoms with Crippen molar-refractivity contribution < 1.29 is 28.8 Å². The molecule has 2 aromatic carbocycles. The van der Waals surface area contributed by atoms with Crippen LogP contribution in [-0.4, -0.2) is 43.2 Å². The number of benzene rings is 2. The first kappa shape index (κ1) is 31.4. The predicted octanol–water partition coefficient (Wildman–Crippen LogP) is 6.67. The highest BCUT2D eigenvalue weighted by atomic mass is 16.7. The van der Waals surface area contributed by atoms with Crippen molar-refractivity contribution in [1.29, 1.82) is 0 Å². The molecule has 0 spiro atoms. The molecule has 3 atom stereocenters. The Kier molecular flexibility index (Phi) is 11.6. The van der Waals surface area contributed by atoms with Gasteiger partial charge in [-0.3, -0.25) is 9.78 Å². The third kappa shape index (κ3) is 8.03. The number of pyridine rings is 1. The van der Waals surface area contributed by atoms with Crippen LogP contribution in [0.5, 0.6) is 17.2 Å². The Balaban J connectivity index is 0.000000262. The van der Waals surface area contributed by atoms with Crippen LogP contribution >= 0.6 is 0 Å². The summed E-state index contributed by atoms with van der Waals surface area (Å²) < 4.78 is 21.7. The Hall–Kier alpha value is -3.58. The van der Waals surface area contributed by atoms with Gasteiger partial charge in [-0.2, -0.15) is 0 Å². The Bertz CT molecular complexity index is 1310. The molecule has 7 nitrogen and oxygen atoms in total. The van der Waals surface area contributed by atoms with Crippen LogP contribution < -0.4 is 14.2 Å². The molecule has 0 saturated heterocycles. The van der Waals surface area contributed by atoms with Crippen molar-refractivity contribution >= 4 is 5.97 Å². The van der Waals surface area contributed by atoms with Gasteiger partial charge in [0.25, 0.3) is 0 Å². The number of rotatable bonds is 12. The number of nitrogens with zero attached hydrogens (tertiary/aromatic N) is 1. The molecule has 5 rings (SSSR count). The number of aliphatic hydroxyl groups is 1. The summed E-state index contributed by atoms with van der Waals surface area (Å²) in [6, 6.07) is 18.2. The fourth-order valence-electron chi connectivity index (χ4n) is 5.47. The number of fused-ring (bicyclic) bond motifs is 2. The van der Waals surface area contributed by atoms with E-state index < -0.39 is 0 Å². The third-order valence-corrected chi connectivity index (χ3v) is 7.83. The van der Waals surface area contributed by atoms with E-state index in [4.69, 9.17) is 29.0 Å². The molecule has 0 fully saturated rings. The molecular formula is C35H45NO6. The van der Waals surface area contributed by atoms with E-state index in [9.17, 15) is 4.79 Å². The predicted molar refractivity (Wildman–Crippen MR) is 163 cm³/mol. The molecule has 226 valence electrons. The van der Waals surface area contributed by atoms with Gasteiger partial charge in [0.05, 0.1) is 19.6 Å². The maximum atomic E-state index is 13.0. The normalized spacial score (nSPS) is 17.2. The van der Waals surface area contributed by atoms with Crippen LogP contribution in [0.2, 0.25) is 0 Å². The van der Waals surface area contributed by atoms with Gasteiger partial charge in [0.2, 0.25) is 6.79 Å². The SMILES string of the molecule is CCCCOC(=O)[C@H]1Cc2nc(CCCC)ccc2[C@@H]1c1ccc2c(c1)OCO2.COc1cccc(CC(C)CO)c1. The fraction of sp³-hybridized carbons (Fsp3) is 0.486. The summed E-state index contributed by atoms with van der Waals surface area (Å²) in [5.41, 5.74) is 5.52. The van der Waals surface area contributed by atoms with Crippen molar-refractivity contribution in [1.82, 2.24) is 4.98 Å². The number of methoxy groups -OCH3 is 1. The summed E-state index contributed by atoms with van der Waals surface area (Å²) in [4.78, 5) is 17.9. The molecule has 1 aromatic heterocycles. The summed E-state index contributed by atoms with van der Waals surface area (Å²) in [5, 5.41) is 8.89. The lowest BCUT2D eigenvalue weighted by atomic mass is 9.85. The number of ether oxygens (including phenoxy) is 4. The minimum Gasteiger partial charge on any atom is -0.497 e. The van der Waals surface area contributed by atoms with Gasteiger partial charge < -0.3 is 24.1 Å². The maximum absolute atomic E-state index is 13.0. The second-order valence-electron chi connectivity index (χ2n) is 11.2. The van der Waals surface area contributed by atoms with Gasteiger partial charge in [0, 0.05) is 30.3 Å². The van der Waals surface area contributed by atoms with Crippen LogP contribution in [0.4, 0.5) is 0 Å². The molecule has 0 radical (unpaired) electrons. The van der Waals surface area contributed by atoms with Gasteiger partial charge in [-0.25, -0.2) is 0 Å². The van der Waals surface area contributed by atoms with E-state index in [2.05, 4.69) is 32.0 Å². The van der Waals surface area contributed by atoms with Crippen molar-refractivity contribution in [2.45, 2.75) is 71.6 Å². The van der Waals surface area contributed by atoms with E-state index in [-0.39, 0.29) is 31.2 Å². The van der Waals surface area contributed by atoms with Crippen molar-refractivity contribution in [3.63, 3.8) is 0 Å². The lowest BCUT2D eigenvalue weighted by molar-refractivity contribution is -0.148. The van der Waals surface area contributed by atoms with Crippen LogP contribution in [0.15, 0.2) is 54.6 Å². The maximum Gasteiger partial charge on any atom is 0.310 e. The van der Waals surface area contributed by atoms with E-state index in [1.165, 1.54) is 5.56 Å². The topological polar surface area (TPSA) is 87.1 Å². The van der Waals surface area contributed by atoms with Gasteiger partial charge >= 0.3 is 5.97 Å². The van der Waals surface area contributed by atoms with E-state index in [1.807, 2.05) is 43.3 Å². The molecule has 1 aliphatic heterocycles. The third-order valence-electron chi connectivity index (χ3n) is 7.83. The quantitative estimate of drug-likeness (QED) is 0.191. The number of carbonyl (C=O) groups excluding carboxylic acids is 1. The largest absolute Gasteiger partial charge is 0.497 e. The van der Waals surface area contributed by atoms with Gasteiger partial charge in [0.15, 0.2) is 11.5 Å². The Morgan fingerprint density at radius 1 is 1.05 bits per heavy atom. The van der Waals surface area contributed by atoms with Crippen molar-refractivity contribution in [3.05, 3.63) is 82.7 Å². The number of unbranched alkanes of at least 4 members (excludes halogenated alkanes) is 2. The van der Waals surface area contributed by atoms with Gasteiger partial charge in [-0.15, -0.1) is 0 Å². The molecule has 1 N–H and O–H groups in total. The number of esters is 1. The minimum atomic E-state index is -0.254. The Morgan fingerprint density at radius 2 is 1.86 bits per heavy atom. The average Bonchev–Trinajstić information content (AvgIpc) is 3.64. The summed E-state index contributed by atoms with van der Waals surface area (Å²) >= 11 is 0. The van der Waals surface area contributed by atoms with Crippen molar-refractivity contribution in [2.24, 2.45) is 11.8 Å². The van der Waals surface area contributed by atoms with Crippen LogP contribution in [0.3, 0.4) is 0 Å². The minimum absolute atomic E-state index is 0.0682. The van der Waals surface area contributed by atoms with Crippen molar-refractivity contribution in [3.8, 4) is 17.2 Å². The summed E-state index contributed by atoms with van der Waals surface area (Å²) in [6.07, 6.45) is 6.66. The summed E-state index contributed by atoms with van der Waals surface area (Å²) in [6.45, 7) is 7.26. The van der Waals surface area contributed by atoms with Crippen LogP contribution in [0, 0.1) is 11.8 Å². The van der Waals surface area contributed by atoms with Crippen LogP contribution in [0.25, 0.3) is 0 Å². The monoisotopic (exact) mass is 575 g/mol. The van der Waals surface area contributed by atoms with Gasteiger partial charge in [-0.05, 0) is 78.6 Å². The lowest BCUT2D eigenvalue weighted by Crippen LogP contribution is -2.23. The molecule has 0 bridgehead atoms. The van der Waals surface area contributed by atoms with Crippen molar-refractivity contribution in [2.75, 3.05) is 27.1 Å². The number of aromatic nitrogens is 1. The molecule has 3 aromatic rings. The number of carbonyl (C=O) groups is 1. The zero-order chi connectivity index (χ0) is 29.9. The first-order valence-corrected chi connectivity index (χ1v) is 15.3. The summed E-state index contributed by atoms with van der Waals surface area (Å²) in [7, 11) is 1.66. The standard InChI is InChI=1S/C24H29NO4.C11H16O2/c1-3-5-7-17-9-10-18-20(25-17)14-19(24(26)27-12-6-4-2)23(18)16-8-11-21-22(13-16)29-15-28-21;1-9(8-12)6-10-4-3-5-11(7-10)13-2/h8-11,13,19,23H,3-7,12,14-15H2,1-2H3;3-5,7,9,12H,6,8H2,1-2H3/t19-,23-;/m0./s1. The number of aliphatic hydroxyl groups excluding tert-OH is 1. The Morgan fingerprint density at radius 3 is 2.62 bits per heavy atom. The highest BCUT2D eigenvalue weighted by Gasteiger charge is 2.40. The molecule has 1 unspecified atom stereocenters. The molecule has 2 heterocycles. The van der Waals surface area contributed by atoms with E-state index in [0.717, 1.165) is 78.3 Å². The van der Waals surface area contributed by atoms with E-state index in [0.29, 0.717) is 18.9 Å². The zero-order valence-corrected chi connectivity index (χ0v) is 25.4. The van der Waals surface area contributed by atoms with E-state index >= 15 is 0 Å². The second-order valence-corrected chi connectivity index (χ2v) is 11.2. The highest BCUT2D eigenvalue weighted by Crippen LogP contribution is 2.45. The zero-order valence-electron chi connectivity index (χ0n) is 25.4. The first-order chi connectivity index (χ1) is 20.5. The molecule has 1 aliphatic carbocycles. The molecular weight excluding hydrogens is 530 g/mol. The first-order valence-electron chi connectivity index (χ1n) is 15.3. The second kappa shape index (κ2) is 15.6. The molecule has 0 amide bonds. The number of hydrogen-bond acceptors (Lipinski definition) is 7. The smallest absolute Gasteiger partial charge is 0.310 e. The average molecular weight is 576 g/mol. The fourth-order valence-corrected chi connectivity index (χ4v) is 5.47. The molecule has 2 aliphatic rings. The molecule has 0 saturated carbocycles. The van der Waals surface area contributed by atoms with Crippen LogP contribution in [-0.2, 0) is 28.8 Å². The van der Waals surface area contributed by atoms with Crippen LogP contribution in [0.1, 0.15) is 80.5 Å². The number of aryl methyl sites for hydroxylation is 1. The molecule has 42 heavy (non-hydrogen) atoms.